The monoisotopic (exact) mass is 408 g/mol. The number of amides is 1. The Kier molecular flexibility index (Phi) is 10.6. The van der Waals surface area contributed by atoms with Crippen molar-refractivity contribution in [1.82, 2.24) is 5.32 Å². The molecule has 5 heteroatoms. The third-order valence-electron chi connectivity index (χ3n) is 4.92. The highest BCUT2D eigenvalue weighted by Crippen LogP contribution is 2.17. The molecule has 0 bridgehead atoms. The fourth-order valence-electron chi connectivity index (χ4n) is 3.08. The lowest BCUT2D eigenvalue weighted by Crippen LogP contribution is -2.49. The lowest BCUT2D eigenvalue weighted by atomic mass is 9.93. The second-order valence-electron chi connectivity index (χ2n) is 7.42. The maximum Gasteiger partial charge on any atom is 0.221 e. The molecule has 160 valence electrons. The number of benzene rings is 2. The molecule has 0 radical (unpaired) electrons. The van der Waals surface area contributed by atoms with E-state index in [1.807, 2.05) is 67.6 Å². The maximum absolute atomic E-state index is 12.3. The molecule has 0 unspecified atom stereocenters. The molecular weight excluding hydrogens is 376 g/mol. The van der Waals surface area contributed by atoms with Crippen molar-refractivity contribution in [3.8, 4) is 6.07 Å². The third kappa shape index (κ3) is 8.77. The van der Waals surface area contributed by atoms with Crippen molar-refractivity contribution in [2.24, 2.45) is 0 Å². The molecule has 0 spiro atoms. The van der Waals surface area contributed by atoms with Gasteiger partial charge in [0.1, 0.15) is 5.54 Å². The summed E-state index contributed by atoms with van der Waals surface area (Å²) in [4.78, 5) is 12.3. The Hall–Kier alpha value is -2.68. The fraction of sp³-hybridized carbons (Fsp3) is 0.440. The number of unbranched alkanes of at least 4 members (excludes halogenated alkanes) is 1. The van der Waals surface area contributed by atoms with Gasteiger partial charge in [0, 0.05) is 19.3 Å². The molecule has 1 N–H and O–H groups in total. The van der Waals surface area contributed by atoms with Gasteiger partial charge < -0.3 is 14.8 Å². The molecule has 0 atom stereocenters. The molecule has 0 aliphatic carbocycles. The smallest absolute Gasteiger partial charge is 0.221 e. The van der Waals surface area contributed by atoms with Crippen LogP contribution in [0.25, 0.3) is 0 Å². The summed E-state index contributed by atoms with van der Waals surface area (Å²) >= 11 is 0. The van der Waals surface area contributed by atoms with Crippen LogP contribution in [0, 0.1) is 11.3 Å². The Morgan fingerprint density at radius 2 is 1.43 bits per heavy atom. The Labute approximate surface area is 180 Å². The van der Waals surface area contributed by atoms with Gasteiger partial charge in [-0.05, 0) is 17.5 Å². The zero-order valence-corrected chi connectivity index (χ0v) is 17.8. The van der Waals surface area contributed by atoms with Gasteiger partial charge in [-0.3, -0.25) is 4.79 Å². The number of nitrogens with one attached hydrogen (secondary N) is 1. The summed E-state index contributed by atoms with van der Waals surface area (Å²) in [7, 11) is 0. The molecule has 0 heterocycles. The average Bonchev–Trinajstić information content (AvgIpc) is 2.79. The highest BCUT2D eigenvalue weighted by atomic mass is 16.5. The molecular formula is C25H32N2O3. The Bertz CT molecular complexity index is 724. The lowest BCUT2D eigenvalue weighted by molar-refractivity contribution is -0.123. The van der Waals surface area contributed by atoms with Crippen LogP contribution in [-0.2, 0) is 27.5 Å². The molecule has 0 fully saturated rings. The van der Waals surface area contributed by atoms with Crippen LogP contribution in [0.5, 0.6) is 0 Å². The minimum atomic E-state index is -0.988. The van der Waals surface area contributed by atoms with E-state index >= 15 is 0 Å². The average molecular weight is 409 g/mol. The number of hydrogen-bond acceptors (Lipinski definition) is 4. The summed E-state index contributed by atoms with van der Waals surface area (Å²) in [5.41, 5.74) is 1.18. The molecule has 2 aromatic carbocycles. The third-order valence-corrected chi connectivity index (χ3v) is 4.92. The highest BCUT2D eigenvalue weighted by molar-refractivity contribution is 5.77. The number of rotatable bonds is 14. The minimum Gasteiger partial charge on any atom is -0.377 e. The molecule has 0 aromatic heterocycles. The van der Waals surface area contributed by atoms with Crippen molar-refractivity contribution in [3.63, 3.8) is 0 Å². The van der Waals surface area contributed by atoms with Crippen LogP contribution < -0.4 is 5.32 Å². The highest BCUT2D eigenvalue weighted by Gasteiger charge is 2.31. The zero-order valence-electron chi connectivity index (χ0n) is 17.8. The van der Waals surface area contributed by atoms with Gasteiger partial charge in [0.2, 0.25) is 5.91 Å². The molecule has 1 amide bonds. The van der Waals surface area contributed by atoms with E-state index in [0.29, 0.717) is 45.7 Å². The molecule has 0 saturated heterocycles. The molecule has 0 saturated carbocycles. The SMILES string of the molecule is CCCCC(=O)NC(C#N)(CCOCc1ccccc1)CCOCc1ccccc1. The quantitative estimate of drug-likeness (QED) is 0.457. The predicted octanol–water partition coefficient (Wildman–Crippen LogP) is 4.77. The van der Waals surface area contributed by atoms with Gasteiger partial charge in [-0.1, -0.05) is 74.0 Å². The van der Waals surface area contributed by atoms with E-state index in [0.717, 1.165) is 24.0 Å². The molecule has 2 rings (SSSR count). The van der Waals surface area contributed by atoms with E-state index in [9.17, 15) is 10.1 Å². The standard InChI is InChI=1S/C25H32N2O3/c1-2-3-14-24(28)27-25(21-26,15-17-29-19-22-10-6-4-7-11-22)16-18-30-20-23-12-8-5-9-13-23/h4-13H,2-3,14-20H2,1H3,(H,27,28). The van der Waals surface area contributed by atoms with E-state index in [-0.39, 0.29) is 5.91 Å². The summed E-state index contributed by atoms with van der Waals surface area (Å²) < 4.78 is 11.5. The molecule has 2 aromatic rings. The molecule has 30 heavy (non-hydrogen) atoms. The van der Waals surface area contributed by atoms with Crippen LogP contribution in [0.15, 0.2) is 60.7 Å². The number of carbonyl (C=O) groups is 1. The van der Waals surface area contributed by atoms with E-state index in [1.54, 1.807) is 0 Å². The maximum atomic E-state index is 12.3. The molecule has 5 nitrogen and oxygen atoms in total. The van der Waals surface area contributed by atoms with Gasteiger partial charge in [0.25, 0.3) is 0 Å². The first-order valence-electron chi connectivity index (χ1n) is 10.6. The number of nitrogens with zero attached hydrogens (tertiary/aromatic N) is 1. The van der Waals surface area contributed by atoms with Crippen LogP contribution in [0.1, 0.15) is 50.2 Å². The zero-order chi connectivity index (χ0) is 21.5. The number of nitriles is 1. The van der Waals surface area contributed by atoms with Crippen LogP contribution in [0.3, 0.4) is 0 Å². The van der Waals surface area contributed by atoms with Crippen LogP contribution >= 0.6 is 0 Å². The summed E-state index contributed by atoms with van der Waals surface area (Å²) in [6, 6.07) is 22.1. The van der Waals surface area contributed by atoms with Crippen molar-refractivity contribution in [2.75, 3.05) is 13.2 Å². The summed E-state index contributed by atoms with van der Waals surface area (Å²) in [5.74, 6) is -0.0930. The predicted molar refractivity (Wildman–Crippen MR) is 117 cm³/mol. The van der Waals surface area contributed by atoms with Gasteiger partial charge in [0.05, 0.1) is 32.5 Å². The summed E-state index contributed by atoms with van der Waals surface area (Å²) in [6.07, 6.45) is 3.01. The van der Waals surface area contributed by atoms with E-state index in [1.165, 1.54) is 0 Å². The first-order chi connectivity index (χ1) is 14.7. The van der Waals surface area contributed by atoms with Crippen molar-refractivity contribution >= 4 is 5.91 Å². The molecule has 0 aliphatic rings. The van der Waals surface area contributed by atoms with Crippen LogP contribution in [0.4, 0.5) is 0 Å². The van der Waals surface area contributed by atoms with E-state index < -0.39 is 5.54 Å². The van der Waals surface area contributed by atoms with Gasteiger partial charge in [-0.15, -0.1) is 0 Å². The van der Waals surface area contributed by atoms with Gasteiger partial charge in [-0.2, -0.15) is 5.26 Å². The molecule has 0 aliphatic heterocycles. The summed E-state index contributed by atoms with van der Waals surface area (Å²) in [5, 5.41) is 12.9. The summed E-state index contributed by atoms with van der Waals surface area (Å²) in [6.45, 7) is 3.78. The number of ether oxygens (including phenoxy) is 2. The van der Waals surface area contributed by atoms with Crippen molar-refractivity contribution in [2.45, 2.75) is 57.8 Å². The van der Waals surface area contributed by atoms with Crippen molar-refractivity contribution < 1.29 is 14.3 Å². The van der Waals surface area contributed by atoms with E-state index in [2.05, 4.69) is 11.4 Å². The number of hydrogen-bond donors (Lipinski definition) is 1. The fourth-order valence-corrected chi connectivity index (χ4v) is 3.08. The largest absolute Gasteiger partial charge is 0.377 e. The first kappa shape index (κ1) is 23.6. The Morgan fingerprint density at radius 1 is 0.933 bits per heavy atom. The van der Waals surface area contributed by atoms with Crippen LogP contribution in [0.2, 0.25) is 0 Å². The normalized spacial score (nSPS) is 11.1. The van der Waals surface area contributed by atoms with Gasteiger partial charge in [0.15, 0.2) is 0 Å². The van der Waals surface area contributed by atoms with Crippen molar-refractivity contribution in [3.05, 3.63) is 71.8 Å². The van der Waals surface area contributed by atoms with Crippen LogP contribution in [-0.4, -0.2) is 24.7 Å². The second kappa shape index (κ2) is 13.5. The number of carbonyl (C=O) groups excluding carboxylic acids is 1. The van der Waals surface area contributed by atoms with Gasteiger partial charge in [-0.25, -0.2) is 0 Å². The Balaban J connectivity index is 1.88. The van der Waals surface area contributed by atoms with Crippen molar-refractivity contribution in [1.29, 1.82) is 5.26 Å². The first-order valence-corrected chi connectivity index (χ1v) is 10.6. The van der Waals surface area contributed by atoms with E-state index in [4.69, 9.17) is 9.47 Å². The Morgan fingerprint density at radius 3 is 1.87 bits per heavy atom. The minimum absolute atomic E-state index is 0.0930. The lowest BCUT2D eigenvalue weighted by Gasteiger charge is -2.28. The van der Waals surface area contributed by atoms with Gasteiger partial charge >= 0.3 is 0 Å². The second-order valence-corrected chi connectivity index (χ2v) is 7.42. The topological polar surface area (TPSA) is 71.4 Å².